The van der Waals surface area contributed by atoms with Crippen molar-refractivity contribution in [3.05, 3.63) is 193 Å². The number of hydrogen-bond acceptors (Lipinski definition) is 1. The molecule has 0 radical (unpaired) electrons. The Morgan fingerprint density at radius 1 is 0.375 bits per heavy atom. The summed E-state index contributed by atoms with van der Waals surface area (Å²) in [5, 5.41) is 12.5. The van der Waals surface area contributed by atoms with Gasteiger partial charge in [-0.2, -0.15) is 0 Å². The Hall–Kier alpha value is -6.96. The van der Waals surface area contributed by atoms with E-state index in [9.17, 15) is 0 Å². The van der Waals surface area contributed by atoms with E-state index in [1.54, 1.807) is 0 Å². The Bertz CT molecular complexity index is 3370. The summed E-state index contributed by atoms with van der Waals surface area (Å²) in [5.41, 5.74) is 14.6. The van der Waals surface area contributed by atoms with E-state index < -0.39 is 0 Å². The number of rotatable bonds is 3. The molecule has 1 heteroatoms. The predicted octanol–water partition coefficient (Wildman–Crippen LogP) is 15.5. The first-order chi connectivity index (χ1) is 27.6. The van der Waals surface area contributed by atoms with Crippen molar-refractivity contribution in [3.8, 4) is 44.5 Å². The fourth-order valence-electron chi connectivity index (χ4n) is 10.2. The second-order valence-corrected chi connectivity index (χ2v) is 15.9. The molecule has 0 spiro atoms. The van der Waals surface area contributed by atoms with E-state index >= 15 is 0 Å². The highest BCUT2D eigenvalue weighted by Gasteiger charge is 2.39. The van der Waals surface area contributed by atoms with Crippen LogP contribution in [0.3, 0.4) is 0 Å². The third-order valence-electron chi connectivity index (χ3n) is 12.6. The molecule has 1 nitrogen and oxygen atoms in total. The van der Waals surface area contributed by atoms with Gasteiger partial charge in [0.05, 0.1) is 0 Å². The number of fused-ring (bicyclic) bond motifs is 13. The van der Waals surface area contributed by atoms with Crippen LogP contribution in [0, 0.1) is 0 Å². The Morgan fingerprint density at radius 2 is 0.911 bits per heavy atom. The second-order valence-electron chi connectivity index (χ2n) is 15.9. The minimum absolute atomic E-state index is 0.198. The maximum absolute atomic E-state index is 6.61. The standard InChI is InChI=1S/C55H36O/c1-55(2)47-32-36(30-31-45(47)51-52-46-23-11-12-25-48(46)56-54(52)44-22-10-9-21-43(44)53(51)55)33-26-28-35(29-27-33)49-39-17-5-7-19-41(39)50(42-20-8-6-18-40(42)49)38-24-13-15-34-14-3-4-16-37(34)38/h3-32H,1-2H3. The molecule has 262 valence electrons. The second kappa shape index (κ2) is 11.5. The minimum atomic E-state index is -0.198. The molecule has 0 N–H and O–H groups in total. The fraction of sp³-hybridized carbons (Fsp3) is 0.0545. The molecule has 1 aliphatic carbocycles. The number of benzene rings is 10. The molecule has 0 aliphatic heterocycles. The SMILES string of the molecule is CC1(C)c2cc(-c3ccc(-c4c5ccccc5c(-c5cccc6ccccc56)c5ccccc45)cc3)ccc2-c2c1c1ccccc1c1oc3ccccc3c21. The highest BCUT2D eigenvalue weighted by molar-refractivity contribution is 6.25. The first-order valence-electron chi connectivity index (χ1n) is 19.6. The van der Waals surface area contributed by atoms with Crippen LogP contribution < -0.4 is 0 Å². The van der Waals surface area contributed by atoms with Crippen LogP contribution in [0.25, 0.3) is 110 Å². The van der Waals surface area contributed by atoms with Crippen molar-refractivity contribution in [1.82, 2.24) is 0 Å². The zero-order valence-electron chi connectivity index (χ0n) is 31.2. The summed E-state index contributed by atoms with van der Waals surface area (Å²) in [6, 6.07) is 66.9. The molecule has 0 fully saturated rings. The van der Waals surface area contributed by atoms with E-state index in [1.807, 2.05) is 0 Å². The quantitative estimate of drug-likeness (QED) is 0.166. The predicted molar refractivity (Wildman–Crippen MR) is 238 cm³/mol. The van der Waals surface area contributed by atoms with Gasteiger partial charge in [-0.25, -0.2) is 0 Å². The molecule has 56 heavy (non-hydrogen) atoms. The first kappa shape index (κ1) is 31.4. The zero-order chi connectivity index (χ0) is 37.1. The minimum Gasteiger partial charge on any atom is -0.455 e. The summed E-state index contributed by atoms with van der Waals surface area (Å²) in [6.45, 7) is 4.78. The smallest absolute Gasteiger partial charge is 0.143 e. The molecule has 0 atom stereocenters. The molecule has 1 aromatic heterocycles. The van der Waals surface area contributed by atoms with Crippen LogP contribution in [0.1, 0.15) is 25.0 Å². The molecule has 1 aliphatic rings. The fourth-order valence-corrected chi connectivity index (χ4v) is 10.2. The largest absolute Gasteiger partial charge is 0.455 e. The molecule has 10 aromatic carbocycles. The molecule has 12 rings (SSSR count). The monoisotopic (exact) mass is 712 g/mol. The van der Waals surface area contributed by atoms with Crippen LogP contribution in [-0.4, -0.2) is 0 Å². The van der Waals surface area contributed by atoms with Crippen molar-refractivity contribution in [1.29, 1.82) is 0 Å². The van der Waals surface area contributed by atoms with Crippen molar-refractivity contribution in [3.63, 3.8) is 0 Å². The Labute approximate surface area is 325 Å². The maximum atomic E-state index is 6.61. The summed E-state index contributed by atoms with van der Waals surface area (Å²) in [4.78, 5) is 0. The number of furan rings is 1. The van der Waals surface area contributed by atoms with E-state index in [2.05, 4.69) is 196 Å². The van der Waals surface area contributed by atoms with Crippen LogP contribution >= 0.6 is 0 Å². The molecular weight excluding hydrogens is 677 g/mol. The van der Waals surface area contributed by atoms with E-state index in [1.165, 1.54) is 109 Å². The Balaban J connectivity index is 1.02. The molecule has 0 saturated heterocycles. The van der Waals surface area contributed by atoms with Gasteiger partial charge in [-0.05, 0) is 105 Å². The molecule has 1 heterocycles. The van der Waals surface area contributed by atoms with Crippen LogP contribution in [0.5, 0.6) is 0 Å². The molecule has 0 amide bonds. The van der Waals surface area contributed by atoms with E-state index in [4.69, 9.17) is 4.42 Å². The van der Waals surface area contributed by atoms with Gasteiger partial charge >= 0.3 is 0 Å². The Kier molecular flexibility index (Phi) is 6.46. The number of hydrogen-bond donors (Lipinski definition) is 0. The van der Waals surface area contributed by atoms with Gasteiger partial charge in [-0.15, -0.1) is 0 Å². The van der Waals surface area contributed by atoms with E-state index in [0.717, 1.165) is 11.2 Å². The highest BCUT2D eigenvalue weighted by Crippen LogP contribution is 2.57. The van der Waals surface area contributed by atoms with Crippen LogP contribution in [0.2, 0.25) is 0 Å². The summed E-state index contributed by atoms with van der Waals surface area (Å²) in [6.07, 6.45) is 0. The molecule has 0 unspecified atom stereocenters. The third-order valence-corrected chi connectivity index (χ3v) is 12.6. The zero-order valence-corrected chi connectivity index (χ0v) is 31.2. The maximum Gasteiger partial charge on any atom is 0.143 e. The van der Waals surface area contributed by atoms with Crippen LogP contribution in [0.15, 0.2) is 186 Å². The van der Waals surface area contributed by atoms with Gasteiger partial charge in [-0.3, -0.25) is 0 Å². The van der Waals surface area contributed by atoms with Crippen molar-refractivity contribution >= 4 is 65.0 Å². The normalized spacial score (nSPS) is 13.3. The van der Waals surface area contributed by atoms with Crippen molar-refractivity contribution in [2.45, 2.75) is 19.3 Å². The average Bonchev–Trinajstić information content (AvgIpc) is 3.75. The van der Waals surface area contributed by atoms with Gasteiger partial charge in [0.25, 0.3) is 0 Å². The lowest BCUT2D eigenvalue weighted by molar-refractivity contribution is 0.664. The van der Waals surface area contributed by atoms with Crippen LogP contribution in [0.4, 0.5) is 0 Å². The van der Waals surface area contributed by atoms with Gasteiger partial charge in [0.15, 0.2) is 0 Å². The molecule has 11 aromatic rings. The third kappa shape index (κ3) is 4.26. The number of para-hydroxylation sites is 1. The summed E-state index contributed by atoms with van der Waals surface area (Å²) < 4.78 is 6.61. The topological polar surface area (TPSA) is 13.1 Å². The molecular formula is C55H36O. The molecule has 0 saturated carbocycles. The lowest BCUT2D eigenvalue weighted by Gasteiger charge is -2.24. The van der Waals surface area contributed by atoms with E-state index in [0.29, 0.717) is 0 Å². The van der Waals surface area contributed by atoms with Gasteiger partial charge < -0.3 is 4.42 Å². The van der Waals surface area contributed by atoms with Crippen molar-refractivity contribution in [2.24, 2.45) is 0 Å². The average molecular weight is 713 g/mol. The lowest BCUT2D eigenvalue weighted by Crippen LogP contribution is -2.15. The van der Waals surface area contributed by atoms with Crippen LogP contribution in [-0.2, 0) is 5.41 Å². The van der Waals surface area contributed by atoms with Gasteiger partial charge in [0, 0.05) is 21.6 Å². The highest BCUT2D eigenvalue weighted by atomic mass is 16.3. The van der Waals surface area contributed by atoms with Crippen molar-refractivity contribution < 1.29 is 4.42 Å². The summed E-state index contributed by atoms with van der Waals surface area (Å²) in [5.74, 6) is 0. The Morgan fingerprint density at radius 3 is 1.62 bits per heavy atom. The van der Waals surface area contributed by atoms with Gasteiger partial charge in [-0.1, -0.05) is 184 Å². The van der Waals surface area contributed by atoms with Gasteiger partial charge in [0.1, 0.15) is 11.2 Å². The molecule has 0 bridgehead atoms. The first-order valence-corrected chi connectivity index (χ1v) is 19.6. The lowest BCUT2D eigenvalue weighted by atomic mass is 9.79. The van der Waals surface area contributed by atoms with E-state index in [-0.39, 0.29) is 5.41 Å². The summed E-state index contributed by atoms with van der Waals surface area (Å²) in [7, 11) is 0. The van der Waals surface area contributed by atoms with Gasteiger partial charge in [0.2, 0.25) is 0 Å². The van der Waals surface area contributed by atoms with Crippen molar-refractivity contribution in [2.75, 3.05) is 0 Å². The summed E-state index contributed by atoms with van der Waals surface area (Å²) >= 11 is 0.